The fraction of sp³-hybridized carbons (Fsp3) is 0.100. The van der Waals surface area contributed by atoms with Crippen molar-refractivity contribution in [1.82, 2.24) is 4.98 Å². The van der Waals surface area contributed by atoms with Gasteiger partial charge in [0.2, 0.25) is 0 Å². The van der Waals surface area contributed by atoms with E-state index in [0.717, 1.165) is 27.6 Å². The molecule has 0 atom stereocenters. The van der Waals surface area contributed by atoms with E-state index in [9.17, 15) is 9.59 Å². The van der Waals surface area contributed by atoms with Gasteiger partial charge in [0.05, 0.1) is 23.9 Å². The summed E-state index contributed by atoms with van der Waals surface area (Å²) in [5, 5.41) is 6.00. The number of carbonyl (C=O) groups excluding carboxylic acids is 2. The molecule has 37 heavy (non-hydrogen) atoms. The number of halogens is 1. The molecule has 184 valence electrons. The second-order valence-corrected chi connectivity index (χ2v) is 10.2. The first-order valence-corrected chi connectivity index (χ1v) is 13.4. The summed E-state index contributed by atoms with van der Waals surface area (Å²) in [6.45, 7) is 2.09. The number of benzene rings is 3. The quantitative estimate of drug-likeness (QED) is 0.210. The van der Waals surface area contributed by atoms with Crippen molar-refractivity contribution in [3.8, 4) is 22.4 Å². The normalized spacial score (nSPS) is 10.9. The molecule has 1 N–H and O–H groups in total. The number of hydrogen-bond donors (Lipinski definition) is 1. The third kappa shape index (κ3) is 5.05. The Kier molecular flexibility index (Phi) is 7.17. The largest absolute Gasteiger partial charge is 0.465 e. The maximum absolute atomic E-state index is 13.7. The number of methoxy groups -OCH3 is 1. The fourth-order valence-electron chi connectivity index (χ4n) is 4.20. The van der Waals surface area contributed by atoms with Crippen LogP contribution in [-0.4, -0.2) is 24.0 Å². The number of hydrogen-bond acceptors (Lipinski definition) is 5. The average molecular weight is 571 g/mol. The molecule has 0 aliphatic rings. The number of nitrogens with zero attached hydrogens (tertiary/aromatic N) is 1. The second kappa shape index (κ2) is 10.7. The van der Waals surface area contributed by atoms with Crippen molar-refractivity contribution in [2.24, 2.45) is 0 Å². The predicted octanol–water partition coefficient (Wildman–Crippen LogP) is 7.99. The van der Waals surface area contributed by atoms with Crippen molar-refractivity contribution in [1.29, 1.82) is 0 Å². The minimum Gasteiger partial charge on any atom is -0.465 e. The molecule has 1 amide bonds. The monoisotopic (exact) mass is 570 g/mol. The van der Waals surface area contributed by atoms with Crippen molar-refractivity contribution >= 4 is 55.0 Å². The van der Waals surface area contributed by atoms with E-state index in [1.807, 2.05) is 78.2 Å². The first-order chi connectivity index (χ1) is 18.0. The molecular formula is C30H23BrN2O3S. The summed E-state index contributed by atoms with van der Waals surface area (Å²) in [7, 11) is 1.34. The second-order valence-electron chi connectivity index (χ2n) is 8.43. The lowest BCUT2D eigenvalue weighted by Gasteiger charge is -2.12. The maximum atomic E-state index is 13.7. The zero-order valence-corrected chi connectivity index (χ0v) is 22.7. The first-order valence-electron chi connectivity index (χ1n) is 11.7. The lowest BCUT2D eigenvalue weighted by atomic mass is 10.0. The Morgan fingerprint density at radius 2 is 1.73 bits per heavy atom. The van der Waals surface area contributed by atoms with Crippen molar-refractivity contribution in [2.75, 3.05) is 12.4 Å². The molecule has 2 heterocycles. The molecule has 0 saturated carbocycles. The van der Waals surface area contributed by atoms with Crippen LogP contribution in [0.3, 0.4) is 0 Å². The van der Waals surface area contributed by atoms with Crippen LogP contribution in [0.4, 0.5) is 5.00 Å². The third-order valence-electron chi connectivity index (χ3n) is 6.17. The lowest BCUT2D eigenvalue weighted by Crippen LogP contribution is -2.15. The van der Waals surface area contributed by atoms with Crippen LogP contribution in [0, 0.1) is 0 Å². The third-order valence-corrected chi connectivity index (χ3v) is 7.55. The summed E-state index contributed by atoms with van der Waals surface area (Å²) in [6, 6.07) is 25.2. The first kappa shape index (κ1) is 24.9. The number of pyridine rings is 1. The minimum atomic E-state index is -0.501. The number of aryl methyl sites for hydroxylation is 1. The van der Waals surface area contributed by atoms with Crippen molar-refractivity contribution in [3.05, 3.63) is 105 Å². The summed E-state index contributed by atoms with van der Waals surface area (Å²) < 4.78 is 5.93. The highest BCUT2D eigenvalue weighted by Gasteiger charge is 2.24. The Balaban J connectivity index is 1.58. The predicted molar refractivity (Wildman–Crippen MR) is 153 cm³/mol. The van der Waals surface area contributed by atoms with Crippen LogP contribution in [0.25, 0.3) is 33.3 Å². The molecule has 0 aliphatic heterocycles. The summed E-state index contributed by atoms with van der Waals surface area (Å²) in [6.07, 6.45) is 0.927. The number of aromatic nitrogens is 1. The fourth-order valence-corrected chi connectivity index (χ4v) is 5.51. The van der Waals surface area contributed by atoms with E-state index < -0.39 is 5.97 Å². The zero-order chi connectivity index (χ0) is 25.9. The Morgan fingerprint density at radius 1 is 0.973 bits per heavy atom. The molecule has 5 rings (SSSR count). The Bertz CT molecular complexity index is 1610. The zero-order valence-electron chi connectivity index (χ0n) is 20.2. The van der Waals surface area contributed by atoms with E-state index in [0.29, 0.717) is 32.7 Å². The molecule has 0 aliphatic carbocycles. The maximum Gasteiger partial charge on any atom is 0.341 e. The molecule has 7 heteroatoms. The number of fused-ring (bicyclic) bond motifs is 1. The molecule has 2 aromatic heterocycles. The highest BCUT2D eigenvalue weighted by Crippen LogP contribution is 2.37. The van der Waals surface area contributed by atoms with Crippen LogP contribution in [0.2, 0.25) is 0 Å². The number of amides is 1. The Labute approximate surface area is 227 Å². The molecule has 0 spiro atoms. The molecule has 5 nitrogen and oxygen atoms in total. The molecule has 0 unspecified atom stereocenters. The van der Waals surface area contributed by atoms with Gasteiger partial charge in [-0.2, -0.15) is 0 Å². The van der Waals surface area contributed by atoms with Gasteiger partial charge in [-0.25, -0.2) is 9.78 Å². The number of anilines is 1. The molecular weight excluding hydrogens is 548 g/mol. The average Bonchev–Trinajstić information content (AvgIpc) is 3.35. The van der Waals surface area contributed by atoms with Gasteiger partial charge in [0, 0.05) is 26.4 Å². The van der Waals surface area contributed by atoms with E-state index in [1.165, 1.54) is 24.0 Å². The van der Waals surface area contributed by atoms with E-state index in [4.69, 9.17) is 9.72 Å². The van der Waals surface area contributed by atoms with Crippen LogP contribution in [0.5, 0.6) is 0 Å². The van der Waals surface area contributed by atoms with Crippen molar-refractivity contribution in [2.45, 2.75) is 13.3 Å². The van der Waals surface area contributed by atoms with Gasteiger partial charge in [-0.1, -0.05) is 77.5 Å². The summed E-state index contributed by atoms with van der Waals surface area (Å²) in [5.74, 6) is -0.832. The van der Waals surface area contributed by atoms with Crippen LogP contribution >= 0.6 is 27.3 Å². The summed E-state index contributed by atoms with van der Waals surface area (Å²) in [4.78, 5) is 31.3. The number of ether oxygens (including phenoxy) is 1. The lowest BCUT2D eigenvalue weighted by molar-refractivity contribution is 0.0603. The number of nitrogens with one attached hydrogen (secondary N) is 1. The van der Waals surface area contributed by atoms with Crippen molar-refractivity contribution in [3.63, 3.8) is 0 Å². The van der Waals surface area contributed by atoms with Gasteiger partial charge < -0.3 is 10.1 Å². The van der Waals surface area contributed by atoms with Gasteiger partial charge in [-0.05, 0) is 41.8 Å². The summed E-state index contributed by atoms with van der Waals surface area (Å²) >= 11 is 4.81. The van der Waals surface area contributed by atoms with Gasteiger partial charge in [0.15, 0.2) is 0 Å². The van der Waals surface area contributed by atoms with Gasteiger partial charge in [0.1, 0.15) is 10.6 Å². The standard InChI is InChI=1S/C30H23BrN2O3S/c1-3-18-9-11-19(12-10-18)24-17-37-29(27(24)30(35)36-2)33-28(34)23-16-26(20-7-5-4-6-8-20)32-25-14-13-21(31)15-22(23)25/h4-17H,3H2,1-2H3,(H,33,34). The summed E-state index contributed by atoms with van der Waals surface area (Å²) in [5.41, 5.74) is 5.92. The van der Waals surface area contributed by atoms with E-state index in [1.54, 1.807) is 6.07 Å². The van der Waals surface area contributed by atoms with Crippen molar-refractivity contribution < 1.29 is 14.3 Å². The number of esters is 1. The smallest absolute Gasteiger partial charge is 0.341 e. The molecule has 3 aromatic carbocycles. The Morgan fingerprint density at radius 3 is 2.43 bits per heavy atom. The van der Waals surface area contributed by atoms with E-state index in [-0.39, 0.29) is 5.91 Å². The van der Waals surface area contributed by atoms with Crippen LogP contribution < -0.4 is 5.32 Å². The van der Waals surface area contributed by atoms with Crippen LogP contribution in [0.1, 0.15) is 33.2 Å². The van der Waals surface area contributed by atoms with Gasteiger partial charge in [-0.3, -0.25) is 4.79 Å². The SMILES string of the molecule is CCc1ccc(-c2csc(NC(=O)c3cc(-c4ccccc4)nc4ccc(Br)cc34)c2C(=O)OC)cc1. The molecule has 0 fully saturated rings. The number of thiophene rings is 1. The highest BCUT2D eigenvalue weighted by molar-refractivity contribution is 9.10. The van der Waals surface area contributed by atoms with Crippen LogP contribution in [0.15, 0.2) is 88.7 Å². The van der Waals surface area contributed by atoms with Gasteiger partial charge in [-0.15, -0.1) is 11.3 Å². The van der Waals surface area contributed by atoms with E-state index in [2.05, 4.69) is 28.2 Å². The van der Waals surface area contributed by atoms with Gasteiger partial charge >= 0.3 is 5.97 Å². The number of carbonyl (C=O) groups is 2. The van der Waals surface area contributed by atoms with Crippen LogP contribution in [-0.2, 0) is 11.2 Å². The topological polar surface area (TPSA) is 68.3 Å². The van der Waals surface area contributed by atoms with E-state index >= 15 is 0 Å². The number of rotatable bonds is 6. The molecule has 5 aromatic rings. The molecule has 0 saturated heterocycles. The highest BCUT2D eigenvalue weighted by atomic mass is 79.9. The Hall–Kier alpha value is -3.81. The minimum absolute atomic E-state index is 0.331. The molecule has 0 bridgehead atoms. The molecule has 0 radical (unpaired) electrons. The van der Waals surface area contributed by atoms with Gasteiger partial charge in [0.25, 0.3) is 5.91 Å².